The molecule has 114 valence electrons. The Bertz CT molecular complexity index is 828. The van der Waals surface area contributed by atoms with Crippen LogP contribution in [0.5, 0.6) is 0 Å². The second kappa shape index (κ2) is 5.63. The molecule has 0 saturated heterocycles. The van der Waals surface area contributed by atoms with Crippen LogP contribution in [-0.2, 0) is 4.79 Å². The number of carboxylic acids is 1. The standard InChI is InChI=1S/C16H17N3O3/c1-3-9(2)12(16(20)21)19-15-14-13(17-8-18-15)10-6-4-5-7-11(10)22-14/h4-9,12H,3H2,1-2H3,(H,20,21)(H,17,18,19)/p-1/t9-,12-/m0/s1. The second-order valence-corrected chi connectivity index (χ2v) is 5.32. The van der Waals surface area contributed by atoms with E-state index >= 15 is 0 Å². The summed E-state index contributed by atoms with van der Waals surface area (Å²) in [6.07, 6.45) is 2.11. The van der Waals surface area contributed by atoms with E-state index in [1.165, 1.54) is 6.33 Å². The second-order valence-electron chi connectivity index (χ2n) is 5.32. The number of nitrogens with one attached hydrogen (secondary N) is 1. The first kappa shape index (κ1) is 14.3. The number of aliphatic carboxylic acids is 1. The maximum Gasteiger partial charge on any atom is 0.196 e. The van der Waals surface area contributed by atoms with Crippen LogP contribution in [0.4, 0.5) is 5.82 Å². The van der Waals surface area contributed by atoms with Crippen molar-refractivity contribution in [1.82, 2.24) is 9.97 Å². The Kier molecular flexibility index (Phi) is 3.66. The summed E-state index contributed by atoms with van der Waals surface area (Å²) >= 11 is 0. The molecule has 3 aromatic rings. The van der Waals surface area contributed by atoms with E-state index in [-0.39, 0.29) is 5.92 Å². The molecule has 0 fully saturated rings. The van der Waals surface area contributed by atoms with Crippen molar-refractivity contribution in [3.05, 3.63) is 30.6 Å². The zero-order valence-electron chi connectivity index (χ0n) is 12.4. The number of furan rings is 1. The lowest BCUT2D eigenvalue weighted by atomic mass is 9.99. The lowest BCUT2D eigenvalue weighted by Crippen LogP contribution is -2.45. The monoisotopic (exact) mass is 298 g/mol. The number of anilines is 1. The van der Waals surface area contributed by atoms with E-state index in [2.05, 4.69) is 15.3 Å². The Balaban J connectivity index is 2.09. The van der Waals surface area contributed by atoms with E-state index < -0.39 is 12.0 Å². The van der Waals surface area contributed by atoms with Crippen molar-refractivity contribution in [3.63, 3.8) is 0 Å². The van der Waals surface area contributed by atoms with Crippen molar-refractivity contribution in [2.24, 2.45) is 5.92 Å². The van der Waals surface area contributed by atoms with E-state index in [1.54, 1.807) is 0 Å². The largest absolute Gasteiger partial charge is 0.548 e. The maximum atomic E-state index is 11.4. The lowest BCUT2D eigenvalue weighted by molar-refractivity contribution is -0.307. The van der Waals surface area contributed by atoms with Crippen molar-refractivity contribution in [2.75, 3.05) is 5.32 Å². The summed E-state index contributed by atoms with van der Waals surface area (Å²) in [6.45, 7) is 3.78. The number of hydrogen-bond acceptors (Lipinski definition) is 6. The molecule has 1 aromatic carbocycles. The van der Waals surface area contributed by atoms with Crippen LogP contribution >= 0.6 is 0 Å². The van der Waals surface area contributed by atoms with Crippen LogP contribution in [-0.4, -0.2) is 22.0 Å². The number of carbonyl (C=O) groups is 1. The Morgan fingerprint density at radius 2 is 2.14 bits per heavy atom. The van der Waals surface area contributed by atoms with Crippen molar-refractivity contribution < 1.29 is 14.3 Å². The molecule has 2 aromatic heterocycles. The number of carboxylic acid groups (broad SMARTS) is 1. The van der Waals surface area contributed by atoms with Crippen molar-refractivity contribution in [1.29, 1.82) is 0 Å². The zero-order valence-corrected chi connectivity index (χ0v) is 12.4. The smallest absolute Gasteiger partial charge is 0.196 e. The van der Waals surface area contributed by atoms with Gasteiger partial charge in [0.15, 0.2) is 11.4 Å². The van der Waals surface area contributed by atoms with Crippen LogP contribution in [0.25, 0.3) is 22.1 Å². The van der Waals surface area contributed by atoms with Crippen LogP contribution in [0.1, 0.15) is 20.3 Å². The third-order valence-corrected chi connectivity index (χ3v) is 3.92. The first-order chi connectivity index (χ1) is 10.6. The van der Waals surface area contributed by atoms with E-state index in [0.717, 1.165) is 5.39 Å². The quantitative estimate of drug-likeness (QED) is 0.774. The van der Waals surface area contributed by atoms with E-state index in [9.17, 15) is 9.90 Å². The van der Waals surface area contributed by atoms with Crippen LogP contribution in [0.15, 0.2) is 35.0 Å². The van der Waals surface area contributed by atoms with E-state index in [1.807, 2.05) is 38.1 Å². The molecule has 0 aliphatic heterocycles. The molecule has 2 heterocycles. The first-order valence-electron chi connectivity index (χ1n) is 7.21. The van der Waals surface area contributed by atoms with E-state index in [0.29, 0.717) is 28.9 Å². The minimum Gasteiger partial charge on any atom is -0.548 e. The van der Waals surface area contributed by atoms with Crippen molar-refractivity contribution in [3.8, 4) is 0 Å². The van der Waals surface area contributed by atoms with E-state index in [4.69, 9.17) is 4.42 Å². The number of aromatic nitrogens is 2. The number of para-hydroxylation sites is 1. The summed E-state index contributed by atoms with van der Waals surface area (Å²) in [5.74, 6) is -0.882. The zero-order chi connectivity index (χ0) is 15.7. The number of fused-ring (bicyclic) bond motifs is 3. The minimum absolute atomic E-state index is 0.0978. The Labute approximate surface area is 127 Å². The summed E-state index contributed by atoms with van der Waals surface area (Å²) in [7, 11) is 0. The summed E-state index contributed by atoms with van der Waals surface area (Å²) in [5, 5.41) is 15.2. The SMILES string of the molecule is CC[C@H](C)[C@H](Nc1ncnc2c1oc1ccccc12)C(=O)[O-]. The molecular formula is C16H16N3O3-. The highest BCUT2D eigenvalue weighted by Crippen LogP contribution is 2.31. The van der Waals surface area contributed by atoms with Gasteiger partial charge in [-0.3, -0.25) is 0 Å². The predicted molar refractivity (Wildman–Crippen MR) is 81.2 cm³/mol. The highest BCUT2D eigenvalue weighted by atomic mass is 16.4. The molecule has 6 heteroatoms. The van der Waals surface area contributed by atoms with Crippen LogP contribution < -0.4 is 10.4 Å². The molecule has 0 radical (unpaired) electrons. The molecular weight excluding hydrogens is 282 g/mol. The highest BCUT2D eigenvalue weighted by molar-refractivity contribution is 6.05. The minimum atomic E-state index is -1.16. The van der Waals surface area contributed by atoms with Gasteiger partial charge < -0.3 is 19.6 Å². The summed E-state index contributed by atoms with van der Waals surface area (Å²) in [6, 6.07) is 6.68. The number of hydrogen-bond donors (Lipinski definition) is 1. The lowest BCUT2D eigenvalue weighted by Gasteiger charge is -2.25. The number of rotatable bonds is 5. The fraction of sp³-hybridized carbons (Fsp3) is 0.312. The molecule has 0 saturated carbocycles. The number of benzene rings is 1. The fourth-order valence-electron chi connectivity index (χ4n) is 2.44. The number of carbonyl (C=O) groups excluding carboxylic acids is 1. The molecule has 0 aliphatic rings. The van der Waals surface area contributed by atoms with Gasteiger partial charge in [-0.05, 0) is 18.1 Å². The molecule has 1 N–H and O–H groups in total. The molecule has 0 amide bonds. The van der Waals surface area contributed by atoms with Crippen molar-refractivity contribution in [2.45, 2.75) is 26.3 Å². The third-order valence-electron chi connectivity index (χ3n) is 3.92. The number of nitrogens with zero attached hydrogens (tertiary/aromatic N) is 2. The Morgan fingerprint density at radius 1 is 1.36 bits per heavy atom. The van der Waals surface area contributed by atoms with Gasteiger partial charge in [0.05, 0.1) is 12.0 Å². The molecule has 0 spiro atoms. The van der Waals surface area contributed by atoms with Gasteiger partial charge in [0.1, 0.15) is 17.4 Å². The Morgan fingerprint density at radius 3 is 2.86 bits per heavy atom. The molecule has 3 rings (SSSR count). The first-order valence-corrected chi connectivity index (χ1v) is 7.21. The average molecular weight is 298 g/mol. The van der Waals surface area contributed by atoms with Gasteiger partial charge in [-0.25, -0.2) is 9.97 Å². The fourth-order valence-corrected chi connectivity index (χ4v) is 2.44. The molecule has 0 unspecified atom stereocenters. The van der Waals surface area contributed by atoms with Gasteiger partial charge in [-0.2, -0.15) is 0 Å². The summed E-state index contributed by atoms with van der Waals surface area (Å²) < 4.78 is 5.78. The predicted octanol–water partition coefficient (Wildman–Crippen LogP) is 1.95. The van der Waals surface area contributed by atoms with Crippen molar-refractivity contribution >= 4 is 33.9 Å². The van der Waals surface area contributed by atoms with Gasteiger partial charge >= 0.3 is 0 Å². The topological polar surface area (TPSA) is 91.1 Å². The average Bonchev–Trinajstić information content (AvgIpc) is 2.91. The van der Waals surface area contributed by atoms with Gasteiger partial charge in [-0.1, -0.05) is 32.4 Å². The molecule has 22 heavy (non-hydrogen) atoms. The van der Waals surface area contributed by atoms with Gasteiger partial charge in [-0.15, -0.1) is 0 Å². The van der Waals surface area contributed by atoms with Crippen LogP contribution in [0.2, 0.25) is 0 Å². The highest BCUT2D eigenvalue weighted by Gasteiger charge is 2.20. The van der Waals surface area contributed by atoms with Crippen LogP contribution in [0.3, 0.4) is 0 Å². The summed E-state index contributed by atoms with van der Waals surface area (Å²) in [4.78, 5) is 19.7. The normalized spacial score (nSPS) is 14.1. The van der Waals surface area contributed by atoms with Gasteiger partial charge in [0, 0.05) is 5.39 Å². The third kappa shape index (κ3) is 2.36. The molecule has 6 nitrogen and oxygen atoms in total. The molecule has 0 bridgehead atoms. The van der Waals surface area contributed by atoms with Crippen LogP contribution in [0, 0.1) is 5.92 Å². The Hall–Kier alpha value is -2.63. The molecule has 2 atom stereocenters. The van der Waals surface area contributed by atoms with Gasteiger partial charge in [0.25, 0.3) is 0 Å². The summed E-state index contributed by atoms with van der Waals surface area (Å²) in [5.41, 5.74) is 1.81. The maximum absolute atomic E-state index is 11.4. The molecule has 0 aliphatic carbocycles. The van der Waals surface area contributed by atoms with Gasteiger partial charge in [0.2, 0.25) is 0 Å².